The van der Waals surface area contributed by atoms with E-state index in [9.17, 15) is 37.6 Å². The number of carbonyl (C=O) groups is 3. The molecule has 294 valence electrons. The number of benzene rings is 1. The maximum Gasteiger partial charge on any atom is 0.366 e. The first-order valence-electron chi connectivity index (χ1n) is 17.5. The van der Waals surface area contributed by atoms with Crippen molar-refractivity contribution in [2.45, 2.75) is 96.2 Å². The molecule has 3 atom stereocenters. The predicted molar refractivity (Wildman–Crippen MR) is 199 cm³/mol. The zero-order valence-electron chi connectivity index (χ0n) is 31.1. The Kier molecular flexibility index (Phi) is 13.4. The number of amides is 2. The van der Waals surface area contributed by atoms with Gasteiger partial charge in [0.25, 0.3) is 11.8 Å². The Hall–Kier alpha value is -5.07. The number of nitrogens with zero attached hydrogens (tertiary/aromatic N) is 4. The smallest absolute Gasteiger partial charge is 0.366 e. The van der Waals surface area contributed by atoms with Gasteiger partial charge in [-0.25, -0.2) is 14.4 Å². The number of phenols is 1. The van der Waals surface area contributed by atoms with E-state index in [0.717, 1.165) is 50.2 Å². The molecule has 0 bridgehead atoms. The van der Waals surface area contributed by atoms with Crippen LogP contribution in [0.5, 0.6) is 11.5 Å². The first-order chi connectivity index (χ1) is 25.3. The fourth-order valence-corrected chi connectivity index (χ4v) is 6.95. The second kappa shape index (κ2) is 17.4. The Labute approximate surface area is 314 Å². The highest BCUT2D eigenvalue weighted by molar-refractivity contribution is 7.84. The first-order valence-corrected chi connectivity index (χ1v) is 18.9. The van der Waals surface area contributed by atoms with Gasteiger partial charge < -0.3 is 35.6 Å². The monoisotopic (exact) mass is 773 g/mol. The highest BCUT2D eigenvalue weighted by Crippen LogP contribution is 2.43. The van der Waals surface area contributed by atoms with Gasteiger partial charge in [-0.1, -0.05) is 36.6 Å². The van der Waals surface area contributed by atoms with Crippen molar-refractivity contribution in [3.8, 4) is 11.5 Å². The van der Waals surface area contributed by atoms with Gasteiger partial charge in [0.2, 0.25) is 5.60 Å². The molecule has 1 fully saturated rings. The lowest BCUT2D eigenvalue weighted by Gasteiger charge is -2.38. The zero-order chi connectivity index (χ0) is 40.0. The van der Waals surface area contributed by atoms with Crippen LogP contribution in [0.3, 0.4) is 0 Å². The number of unbranched alkanes of at least 4 members (excludes halogenated alkanes) is 2. The molecule has 2 aliphatic heterocycles. The van der Waals surface area contributed by atoms with Crippen molar-refractivity contribution < 1.29 is 56.5 Å². The number of aryl methyl sites for hydroxylation is 1. The van der Waals surface area contributed by atoms with Crippen molar-refractivity contribution in [1.82, 2.24) is 9.62 Å². The minimum Gasteiger partial charge on any atom is -0.507 e. The number of carbonyl (C=O) groups excluding carboxylic acids is 2. The molecule has 3 aliphatic rings. The van der Waals surface area contributed by atoms with E-state index in [1.54, 1.807) is 6.07 Å². The number of allylic oxidation sites excluding steroid dienone is 1. The summed E-state index contributed by atoms with van der Waals surface area (Å²) >= 11 is 0. The Morgan fingerprint density at radius 1 is 1.28 bits per heavy atom. The number of nitrogens with one attached hydrogen (secondary N) is 1. The van der Waals surface area contributed by atoms with Crippen LogP contribution in [0.4, 0.5) is 0 Å². The number of amidine groups is 1. The third kappa shape index (κ3) is 9.91. The number of carboxylic acids is 1. The number of phenolic OH excluding ortho intramolecular Hbond substituents is 1. The predicted octanol–water partition coefficient (Wildman–Crippen LogP) is 2.91. The van der Waals surface area contributed by atoms with Gasteiger partial charge in [0.15, 0.2) is 24.6 Å². The van der Waals surface area contributed by atoms with Gasteiger partial charge in [0, 0.05) is 18.4 Å². The summed E-state index contributed by atoms with van der Waals surface area (Å²) in [5.41, 5.74) is 5.58. The minimum atomic E-state index is -5.09. The molecule has 0 unspecified atom stereocenters. The Morgan fingerprint density at radius 3 is 2.61 bits per heavy atom. The molecule has 0 spiro atoms. The van der Waals surface area contributed by atoms with Gasteiger partial charge in [-0.2, -0.15) is 12.7 Å². The molecule has 2 heterocycles. The second-order valence-electron chi connectivity index (χ2n) is 13.9. The van der Waals surface area contributed by atoms with E-state index in [4.69, 9.17) is 20.0 Å². The number of β-lactam (4-membered cyclic amide) rings is 1. The summed E-state index contributed by atoms with van der Waals surface area (Å²) in [6.45, 7) is 9.94. The number of aliphatic carboxylic acids is 1. The summed E-state index contributed by atoms with van der Waals surface area (Å²) in [6, 6.07) is 2.03. The summed E-state index contributed by atoms with van der Waals surface area (Å²) in [7, 11) is -3.21. The molecule has 18 heteroatoms. The van der Waals surface area contributed by atoms with Crippen molar-refractivity contribution in [3.05, 3.63) is 58.5 Å². The van der Waals surface area contributed by atoms with Gasteiger partial charge in [0.1, 0.15) is 31.1 Å². The fraction of sp³-hybridized carbons (Fsp3) is 0.500. The molecule has 1 saturated heterocycles. The van der Waals surface area contributed by atoms with Crippen LogP contribution in [0, 0.1) is 0 Å². The molecule has 0 saturated carbocycles. The van der Waals surface area contributed by atoms with Gasteiger partial charge in [0.05, 0.1) is 23.9 Å². The molecule has 0 radical (unpaired) electrons. The number of likely N-dealkylation sites (N-methyl/N-ethyl adjacent to an activating group) is 1. The van der Waals surface area contributed by atoms with Crippen LogP contribution >= 0.6 is 0 Å². The number of rotatable bonds is 18. The van der Waals surface area contributed by atoms with Gasteiger partial charge in [-0.05, 0) is 69.9 Å². The van der Waals surface area contributed by atoms with Crippen LogP contribution < -0.4 is 15.8 Å². The topological polar surface area (TPSA) is 243 Å². The quantitative estimate of drug-likeness (QED) is 0.0211. The van der Waals surface area contributed by atoms with E-state index in [-0.39, 0.29) is 59.1 Å². The van der Waals surface area contributed by atoms with Gasteiger partial charge >= 0.3 is 16.3 Å². The highest BCUT2D eigenvalue weighted by atomic mass is 32.2. The van der Waals surface area contributed by atoms with Crippen LogP contribution in [0.25, 0.3) is 0 Å². The molecular weight excluding hydrogens is 724 g/mol. The largest absolute Gasteiger partial charge is 0.507 e. The molecule has 17 nitrogen and oxygen atoms in total. The number of hydrogen-bond donors (Lipinski definition) is 5. The highest BCUT2D eigenvalue weighted by Gasteiger charge is 2.50. The van der Waals surface area contributed by atoms with Gasteiger partial charge in [-0.15, -0.1) is 0 Å². The van der Waals surface area contributed by atoms with E-state index in [1.165, 1.54) is 25.5 Å². The second-order valence-corrected chi connectivity index (χ2v) is 15.1. The Morgan fingerprint density at radius 2 is 2.00 bits per heavy atom. The number of hydrogen-bond acceptors (Lipinski definition) is 12. The summed E-state index contributed by atoms with van der Waals surface area (Å²) in [5.74, 6) is -3.26. The summed E-state index contributed by atoms with van der Waals surface area (Å²) in [5, 5.41) is 26.7. The lowest BCUT2D eigenvalue weighted by molar-refractivity contribution is -0.534. The summed E-state index contributed by atoms with van der Waals surface area (Å²) in [4.78, 5) is 46.9. The molecule has 1 aromatic rings. The van der Waals surface area contributed by atoms with E-state index >= 15 is 0 Å². The van der Waals surface area contributed by atoms with Crippen molar-refractivity contribution in [3.63, 3.8) is 0 Å². The Balaban J connectivity index is 1.55. The SMILES string of the molecule is C=[N+](C)[C@@H]1CCC(C)=C[C@H]1c1c(O)cc(CCCCC)cc1OCOC/C=C1\[C@H](NC(=O)/C(=N\OC(C)(C)C(=O)O)C2=CCC(N)=N2)C(=O)N1S(=O)(=O)O. The lowest BCUT2D eigenvalue weighted by atomic mass is 9.80. The average molecular weight is 774 g/mol. The molecule has 6 N–H and O–H groups in total. The fourth-order valence-electron chi connectivity index (χ4n) is 6.17. The van der Waals surface area contributed by atoms with E-state index in [1.807, 2.05) is 24.6 Å². The number of aliphatic imine (C=N–C) groups is 1. The number of oxime groups is 1. The lowest BCUT2D eigenvalue weighted by Crippen LogP contribution is -2.64. The summed E-state index contributed by atoms with van der Waals surface area (Å²) in [6.07, 6.45) is 10.3. The number of aromatic hydroxyl groups is 1. The molecule has 1 aliphatic carbocycles. The van der Waals surface area contributed by atoms with Crippen molar-refractivity contribution >= 4 is 46.4 Å². The Bertz CT molecular complexity index is 1930. The molecule has 4 rings (SSSR count). The molecule has 54 heavy (non-hydrogen) atoms. The third-order valence-electron chi connectivity index (χ3n) is 9.16. The number of nitrogens with two attached hydrogens (primary N) is 1. The van der Waals surface area contributed by atoms with Gasteiger partial charge in [-0.3, -0.25) is 14.1 Å². The van der Waals surface area contributed by atoms with Crippen LogP contribution in [-0.2, 0) is 40.7 Å². The molecule has 0 aromatic heterocycles. The maximum absolute atomic E-state index is 13.4. The van der Waals surface area contributed by atoms with Crippen LogP contribution in [0.1, 0.15) is 83.3 Å². The number of carboxylic acid groups (broad SMARTS) is 1. The van der Waals surface area contributed by atoms with E-state index < -0.39 is 45.4 Å². The molecule has 1 aromatic carbocycles. The third-order valence-corrected chi connectivity index (χ3v) is 10.0. The normalized spacial score (nSPS) is 21.2. The van der Waals surface area contributed by atoms with Crippen molar-refractivity contribution in [1.29, 1.82) is 0 Å². The van der Waals surface area contributed by atoms with E-state index in [0.29, 0.717) is 11.3 Å². The molecular formula is C36H49N6O11S+. The first kappa shape index (κ1) is 41.7. The van der Waals surface area contributed by atoms with Crippen molar-refractivity contribution in [2.75, 3.05) is 20.4 Å². The van der Waals surface area contributed by atoms with Crippen LogP contribution in [0.15, 0.2) is 57.5 Å². The van der Waals surface area contributed by atoms with Crippen LogP contribution in [-0.4, -0.2) is 106 Å². The minimum absolute atomic E-state index is 0.0110. The summed E-state index contributed by atoms with van der Waals surface area (Å²) < 4.78 is 47.7. The van der Waals surface area contributed by atoms with E-state index in [2.05, 4.69) is 35.2 Å². The standard InChI is InChI=1S/C36H48N6O11S/c1-7-8-9-10-22-18-27(43)30(23-17-21(2)11-13-25(23)41(5)6)28(19-22)52-20-51-16-15-26-32(34(45)42(26)54(48,49)50)39-33(44)31(24-12-14-29(37)38-24)40-53-36(3,4)35(46)47/h12,15,17-19,23,25,32H,5,7-11,13-14,16,20H2,1-4,6H3,(H5-,37,38,39,43,44,46,47,48,49,50)/p+1/b26-15+,40-31-/t23-,25-,32+/m1/s1. The maximum atomic E-state index is 13.4. The zero-order valence-corrected chi connectivity index (χ0v) is 31.9. The average Bonchev–Trinajstić information content (AvgIpc) is 3.51. The number of ether oxygens (including phenoxy) is 2. The molecule has 2 amide bonds. The van der Waals surface area contributed by atoms with Crippen LogP contribution in [0.2, 0.25) is 0 Å². The van der Waals surface area contributed by atoms with Crippen molar-refractivity contribution in [2.24, 2.45) is 15.9 Å².